The number of hydrogen-bond donors (Lipinski definition) is 2. The Balaban J connectivity index is 1.75. The highest BCUT2D eigenvalue weighted by Gasteiger charge is 2.19. The second-order valence-corrected chi connectivity index (χ2v) is 9.57. The van der Waals surface area contributed by atoms with Gasteiger partial charge in [0.2, 0.25) is 0 Å². The number of rotatable bonds is 8. The molecule has 168 valence electrons. The molecule has 1 amide bonds. The van der Waals surface area contributed by atoms with Crippen LogP contribution in [0.15, 0.2) is 65.6 Å². The van der Waals surface area contributed by atoms with Crippen molar-refractivity contribution in [2.24, 2.45) is 0 Å². The summed E-state index contributed by atoms with van der Waals surface area (Å²) in [7, 11) is -2.27. The average molecular weight is 473 g/mol. The Hall–Kier alpha value is -2.87. The maximum atomic E-state index is 12.9. The van der Waals surface area contributed by atoms with E-state index in [9.17, 15) is 13.2 Å². The number of methoxy groups -OCH3 is 1. The Morgan fingerprint density at radius 2 is 1.62 bits per heavy atom. The highest BCUT2D eigenvalue weighted by atomic mass is 35.5. The van der Waals surface area contributed by atoms with E-state index in [0.29, 0.717) is 12.3 Å². The predicted octanol–water partition coefficient (Wildman–Crippen LogP) is 4.83. The van der Waals surface area contributed by atoms with Crippen LogP contribution in [0.4, 0.5) is 5.69 Å². The van der Waals surface area contributed by atoms with Crippen molar-refractivity contribution in [1.82, 2.24) is 5.32 Å². The van der Waals surface area contributed by atoms with E-state index in [1.54, 1.807) is 19.2 Å². The quantitative estimate of drug-likeness (QED) is 0.491. The summed E-state index contributed by atoms with van der Waals surface area (Å²) in [5.74, 6) is -0.459. The van der Waals surface area contributed by atoms with Gasteiger partial charge >= 0.3 is 0 Å². The number of hydrogen-bond acceptors (Lipinski definition) is 4. The predicted molar refractivity (Wildman–Crippen MR) is 127 cm³/mol. The molecule has 0 heterocycles. The molecule has 0 fully saturated rings. The van der Waals surface area contributed by atoms with E-state index in [2.05, 4.69) is 10.0 Å². The van der Waals surface area contributed by atoms with Crippen molar-refractivity contribution in [3.63, 3.8) is 0 Å². The van der Waals surface area contributed by atoms with E-state index in [4.69, 9.17) is 16.3 Å². The third-order valence-corrected chi connectivity index (χ3v) is 6.75. The fourth-order valence-corrected chi connectivity index (χ4v) is 4.34. The standard InChI is InChI=1S/C24H25ClN2O4S/c1-16-4-9-20(12-17(16)2)27-32(29,30)21-10-11-23(25)22(13-21)24(28)26-14-18-5-7-19(8-6-18)15-31-3/h4-13,27H,14-15H2,1-3H3,(H,26,28). The summed E-state index contributed by atoms with van der Waals surface area (Å²) < 4.78 is 33.3. The Bertz CT molecular complexity index is 1230. The zero-order valence-corrected chi connectivity index (χ0v) is 19.7. The molecule has 0 aliphatic heterocycles. The number of aryl methyl sites for hydroxylation is 2. The molecule has 2 N–H and O–H groups in total. The number of carbonyl (C=O) groups is 1. The van der Waals surface area contributed by atoms with Crippen LogP contribution in [0.5, 0.6) is 0 Å². The largest absolute Gasteiger partial charge is 0.380 e. The molecule has 0 saturated heterocycles. The van der Waals surface area contributed by atoms with Crippen LogP contribution >= 0.6 is 11.6 Å². The maximum Gasteiger partial charge on any atom is 0.261 e. The van der Waals surface area contributed by atoms with Crippen LogP contribution in [0.25, 0.3) is 0 Å². The fraction of sp³-hybridized carbons (Fsp3) is 0.208. The van der Waals surface area contributed by atoms with E-state index in [-0.39, 0.29) is 22.0 Å². The van der Waals surface area contributed by atoms with Gasteiger partial charge in [-0.3, -0.25) is 9.52 Å². The molecule has 0 spiro atoms. The summed E-state index contributed by atoms with van der Waals surface area (Å²) in [6.07, 6.45) is 0. The molecule has 0 aliphatic carbocycles. The number of anilines is 1. The Morgan fingerprint density at radius 1 is 0.938 bits per heavy atom. The minimum Gasteiger partial charge on any atom is -0.380 e. The van der Waals surface area contributed by atoms with Crippen molar-refractivity contribution < 1.29 is 17.9 Å². The zero-order valence-electron chi connectivity index (χ0n) is 18.1. The molecule has 8 heteroatoms. The van der Waals surface area contributed by atoms with Gasteiger partial charge in [0.25, 0.3) is 15.9 Å². The molecular weight excluding hydrogens is 448 g/mol. The van der Waals surface area contributed by atoms with Crippen molar-refractivity contribution in [2.45, 2.75) is 31.9 Å². The smallest absolute Gasteiger partial charge is 0.261 e. The molecule has 0 aromatic heterocycles. The topological polar surface area (TPSA) is 84.5 Å². The van der Waals surface area contributed by atoms with Crippen LogP contribution in [0.3, 0.4) is 0 Å². The first-order valence-electron chi connectivity index (χ1n) is 9.94. The number of sulfonamides is 1. The van der Waals surface area contributed by atoms with Gasteiger partial charge in [-0.05, 0) is 66.4 Å². The fourth-order valence-electron chi connectivity index (χ4n) is 3.06. The molecule has 3 rings (SSSR count). The summed E-state index contributed by atoms with van der Waals surface area (Å²) >= 11 is 6.19. The lowest BCUT2D eigenvalue weighted by atomic mass is 10.1. The Labute approximate surface area is 193 Å². The Kier molecular flexibility index (Phi) is 7.56. The number of nitrogens with one attached hydrogen (secondary N) is 2. The first kappa shape index (κ1) is 23.8. The second kappa shape index (κ2) is 10.2. The summed E-state index contributed by atoms with van der Waals surface area (Å²) in [6, 6.07) is 17.0. The number of carbonyl (C=O) groups excluding carboxylic acids is 1. The van der Waals surface area contributed by atoms with Crippen LogP contribution in [0, 0.1) is 13.8 Å². The van der Waals surface area contributed by atoms with Crippen molar-refractivity contribution in [3.05, 3.63) is 93.5 Å². The van der Waals surface area contributed by atoms with Gasteiger partial charge in [-0.2, -0.15) is 0 Å². The Morgan fingerprint density at radius 3 is 2.28 bits per heavy atom. The molecule has 0 atom stereocenters. The van der Waals surface area contributed by atoms with Gasteiger partial charge in [-0.25, -0.2) is 8.42 Å². The first-order chi connectivity index (χ1) is 15.2. The van der Waals surface area contributed by atoms with Crippen molar-refractivity contribution in [2.75, 3.05) is 11.8 Å². The van der Waals surface area contributed by atoms with Crippen LogP contribution in [-0.4, -0.2) is 21.4 Å². The SMILES string of the molecule is COCc1ccc(CNC(=O)c2cc(S(=O)(=O)Nc3ccc(C)c(C)c3)ccc2Cl)cc1. The van der Waals surface area contributed by atoms with E-state index < -0.39 is 15.9 Å². The highest BCUT2D eigenvalue weighted by Crippen LogP contribution is 2.23. The number of halogens is 1. The summed E-state index contributed by atoms with van der Waals surface area (Å²) in [4.78, 5) is 12.7. The van der Waals surface area contributed by atoms with E-state index in [1.807, 2.05) is 44.2 Å². The van der Waals surface area contributed by atoms with Crippen LogP contribution in [0.2, 0.25) is 5.02 Å². The zero-order chi connectivity index (χ0) is 23.3. The first-order valence-corrected chi connectivity index (χ1v) is 11.8. The summed E-state index contributed by atoms with van der Waals surface area (Å²) in [5, 5.41) is 2.95. The lowest BCUT2D eigenvalue weighted by Crippen LogP contribution is -2.24. The maximum absolute atomic E-state index is 12.9. The van der Waals surface area contributed by atoms with Gasteiger partial charge in [-0.15, -0.1) is 0 Å². The summed E-state index contributed by atoms with van der Waals surface area (Å²) in [6.45, 7) is 4.65. The monoisotopic (exact) mass is 472 g/mol. The second-order valence-electron chi connectivity index (χ2n) is 7.48. The van der Waals surface area contributed by atoms with Crippen molar-refractivity contribution >= 4 is 33.2 Å². The molecular formula is C24H25ClN2O4S. The number of benzene rings is 3. The van der Waals surface area contributed by atoms with Gasteiger partial charge in [-0.1, -0.05) is 41.9 Å². The molecule has 0 radical (unpaired) electrons. The van der Waals surface area contributed by atoms with Crippen molar-refractivity contribution in [1.29, 1.82) is 0 Å². The molecule has 6 nitrogen and oxygen atoms in total. The third-order valence-electron chi connectivity index (χ3n) is 5.04. The van der Waals surface area contributed by atoms with Crippen molar-refractivity contribution in [3.8, 4) is 0 Å². The lowest BCUT2D eigenvalue weighted by Gasteiger charge is -2.12. The van der Waals surface area contributed by atoms with E-state index in [0.717, 1.165) is 22.3 Å². The normalized spacial score (nSPS) is 11.2. The summed E-state index contributed by atoms with van der Waals surface area (Å²) in [5.41, 5.74) is 4.49. The van der Waals surface area contributed by atoms with E-state index >= 15 is 0 Å². The highest BCUT2D eigenvalue weighted by molar-refractivity contribution is 7.92. The molecule has 3 aromatic carbocycles. The lowest BCUT2D eigenvalue weighted by molar-refractivity contribution is 0.0951. The third kappa shape index (κ3) is 5.88. The average Bonchev–Trinajstić information content (AvgIpc) is 2.76. The molecule has 0 unspecified atom stereocenters. The van der Waals surface area contributed by atoms with Gasteiger partial charge in [0, 0.05) is 19.3 Å². The van der Waals surface area contributed by atoms with Crippen LogP contribution in [-0.2, 0) is 27.9 Å². The van der Waals surface area contributed by atoms with Crippen LogP contribution < -0.4 is 10.0 Å². The van der Waals surface area contributed by atoms with Gasteiger partial charge < -0.3 is 10.1 Å². The minimum absolute atomic E-state index is 0.0470. The molecule has 3 aromatic rings. The number of amides is 1. The molecule has 0 bridgehead atoms. The molecule has 0 aliphatic rings. The molecule has 32 heavy (non-hydrogen) atoms. The number of ether oxygens (including phenoxy) is 1. The van der Waals surface area contributed by atoms with Gasteiger partial charge in [0.15, 0.2) is 0 Å². The minimum atomic E-state index is -3.89. The van der Waals surface area contributed by atoms with E-state index in [1.165, 1.54) is 18.2 Å². The van der Waals surface area contributed by atoms with Gasteiger partial charge in [0.05, 0.1) is 22.1 Å². The van der Waals surface area contributed by atoms with Gasteiger partial charge in [0.1, 0.15) is 0 Å². The molecule has 0 saturated carbocycles. The van der Waals surface area contributed by atoms with Crippen LogP contribution in [0.1, 0.15) is 32.6 Å².